The third-order valence-electron chi connectivity index (χ3n) is 4.45. The van der Waals surface area contributed by atoms with E-state index in [9.17, 15) is 4.79 Å². The van der Waals surface area contributed by atoms with Crippen LogP contribution in [-0.4, -0.2) is 23.9 Å². The van der Waals surface area contributed by atoms with Crippen LogP contribution in [0.5, 0.6) is 0 Å². The molecule has 2 N–H and O–H groups in total. The first-order chi connectivity index (χ1) is 12.5. The van der Waals surface area contributed by atoms with Crippen molar-refractivity contribution in [3.8, 4) is 0 Å². The number of amidine groups is 1. The van der Waals surface area contributed by atoms with Gasteiger partial charge in [0.2, 0.25) is 6.10 Å². The molecule has 0 saturated carbocycles. The predicted molar refractivity (Wildman–Crippen MR) is 104 cm³/mol. The third kappa shape index (κ3) is 3.83. The van der Waals surface area contributed by atoms with E-state index in [4.69, 9.17) is 22.2 Å². The van der Waals surface area contributed by atoms with E-state index in [1.165, 1.54) is 5.56 Å². The van der Waals surface area contributed by atoms with Gasteiger partial charge in [0, 0.05) is 23.2 Å². The van der Waals surface area contributed by atoms with E-state index in [1.807, 2.05) is 49.4 Å². The van der Waals surface area contributed by atoms with Crippen LogP contribution in [0.3, 0.4) is 0 Å². The number of carbonyl (C=O) groups is 1. The highest BCUT2D eigenvalue weighted by molar-refractivity contribution is 6.31. The topological polar surface area (TPSA) is 67.9 Å². The molecule has 0 aliphatic carbocycles. The maximum atomic E-state index is 12.8. The zero-order valence-electron chi connectivity index (χ0n) is 14.9. The summed E-state index contributed by atoms with van der Waals surface area (Å²) in [6.45, 7) is 3.71. The van der Waals surface area contributed by atoms with E-state index in [-0.39, 0.29) is 17.8 Å². The number of amides is 1. The molecule has 2 aromatic rings. The number of nitrogens with two attached hydrogens (primary N) is 1. The van der Waals surface area contributed by atoms with Crippen molar-refractivity contribution in [3.63, 3.8) is 0 Å². The Morgan fingerprint density at radius 1 is 1.31 bits per heavy atom. The Kier molecular flexibility index (Phi) is 5.47. The fourth-order valence-corrected chi connectivity index (χ4v) is 3.36. The summed E-state index contributed by atoms with van der Waals surface area (Å²) in [6, 6.07) is 15.4. The minimum atomic E-state index is -0.728. The molecule has 2 aromatic carbocycles. The van der Waals surface area contributed by atoms with Crippen LogP contribution >= 0.6 is 11.6 Å². The lowest BCUT2D eigenvalue weighted by molar-refractivity contribution is -0.129. The van der Waals surface area contributed by atoms with Gasteiger partial charge in [-0.2, -0.15) is 0 Å². The maximum absolute atomic E-state index is 12.8. The van der Waals surface area contributed by atoms with Crippen molar-refractivity contribution >= 4 is 29.0 Å². The number of anilines is 1. The second-order valence-corrected chi connectivity index (χ2v) is 6.90. The molecule has 3 rings (SSSR count). The van der Waals surface area contributed by atoms with Gasteiger partial charge in [0.25, 0.3) is 5.91 Å². The lowest BCUT2D eigenvalue weighted by atomic mass is 10.1. The highest BCUT2D eigenvalue weighted by Gasteiger charge is 2.34. The van der Waals surface area contributed by atoms with Crippen molar-refractivity contribution < 1.29 is 9.63 Å². The van der Waals surface area contributed by atoms with E-state index in [1.54, 1.807) is 17.9 Å². The van der Waals surface area contributed by atoms with Gasteiger partial charge < -0.3 is 15.5 Å². The molecule has 136 valence electrons. The molecule has 5 nitrogen and oxygen atoms in total. The van der Waals surface area contributed by atoms with Gasteiger partial charge in [-0.3, -0.25) is 4.79 Å². The highest BCUT2D eigenvalue weighted by Crippen LogP contribution is 2.32. The summed E-state index contributed by atoms with van der Waals surface area (Å²) in [5.41, 5.74) is 8.89. The number of oxime groups is 1. The van der Waals surface area contributed by atoms with Crippen molar-refractivity contribution in [1.82, 2.24) is 0 Å². The second-order valence-electron chi connectivity index (χ2n) is 6.49. The summed E-state index contributed by atoms with van der Waals surface area (Å²) < 4.78 is 0. The van der Waals surface area contributed by atoms with Crippen molar-refractivity contribution in [2.75, 3.05) is 4.90 Å². The Morgan fingerprint density at radius 2 is 2.00 bits per heavy atom. The van der Waals surface area contributed by atoms with Gasteiger partial charge in [-0.15, -0.1) is 0 Å². The van der Waals surface area contributed by atoms with Gasteiger partial charge in [-0.05, 0) is 43.5 Å². The number of rotatable bonds is 5. The molecule has 1 aliphatic rings. The van der Waals surface area contributed by atoms with Gasteiger partial charge in [-0.25, -0.2) is 0 Å². The molecular weight excluding hydrogens is 350 g/mol. The lowest BCUT2D eigenvalue weighted by Crippen LogP contribution is -2.42. The van der Waals surface area contributed by atoms with Crippen molar-refractivity contribution in [3.05, 3.63) is 64.7 Å². The minimum Gasteiger partial charge on any atom is -0.384 e. The first-order valence-electron chi connectivity index (χ1n) is 8.60. The summed E-state index contributed by atoms with van der Waals surface area (Å²) >= 11 is 6.12. The van der Waals surface area contributed by atoms with Crippen LogP contribution in [-0.2, 0) is 22.5 Å². The zero-order chi connectivity index (χ0) is 18.7. The van der Waals surface area contributed by atoms with Gasteiger partial charge in [0.1, 0.15) is 5.84 Å². The Balaban J connectivity index is 1.65. The first-order valence-corrected chi connectivity index (χ1v) is 8.97. The predicted octanol–water partition coefficient (Wildman–Crippen LogP) is 3.54. The van der Waals surface area contributed by atoms with E-state index < -0.39 is 6.10 Å². The average molecular weight is 372 g/mol. The molecule has 2 atom stereocenters. The monoisotopic (exact) mass is 371 g/mol. The summed E-state index contributed by atoms with van der Waals surface area (Å²) in [6.07, 6.45) is 0.476. The van der Waals surface area contributed by atoms with E-state index >= 15 is 0 Å². The fraction of sp³-hybridized carbons (Fsp3) is 0.300. The standard InChI is InChI=1S/C20H22ClN3O2/c1-13-11-16-8-4-6-10-18(16)24(13)20(25)14(2)26-23-19(22)12-15-7-3-5-9-17(15)21/h3-10,13-14H,11-12H2,1-2H3,(H2,22,23)/t13-,14+/m1/s1. The summed E-state index contributed by atoms with van der Waals surface area (Å²) in [5, 5.41) is 4.54. The number of benzene rings is 2. The van der Waals surface area contributed by atoms with Gasteiger partial charge >= 0.3 is 0 Å². The number of carbonyl (C=O) groups excluding carboxylic acids is 1. The molecule has 0 fully saturated rings. The number of halogens is 1. The highest BCUT2D eigenvalue weighted by atomic mass is 35.5. The van der Waals surface area contributed by atoms with E-state index in [0.29, 0.717) is 11.4 Å². The summed E-state index contributed by atoms with van der Waals surface area (Å²) in [4.78, 5) is 20.0. The lowest BCUT2D eigenvalue weighted by Gasteiger charge is -2.25. The van der Waals surface area contributed by atoms with Crippen LogP contribution < -0.4 is 10.6 Å². The molecule has 26 heavy (non-hydrogen) atoms. The quantitative estimate of drug-likeness (QED) is 0.496. The number of para-hydroxylation sites is 1. The Bertz CT molecular complexity index is 837. The largest absolute Gasteiger partial charge is 0.384 e. The molecular formula is C20H22ClN3O2. The molecule has 6 heteroatoms. The van der Waals surface area contributed by atoms with Crippen molar-refractivity contribution in [1.29, 1.82) is 0 Å². The summed E-state index contributed by atoms with van der Waals surface area (Å²) in [5.74, 6) is 0.143. The zero-order valence-corrected chi connectivity index (χ0v) is 15.6. The molecule has 0 bridgehead atoms. The molecule has 0 radical (unpaired) electrons. The molecule has 1 aliphatic heterocycles. The Morgan fingerprint density at radius 3 is 2.77 bits per heavy atom. The van der Waals surface area contributed by atoms with Gasteiger partial charge in [0.05, 0.1) is 0 Å². The normalized spacial score (nSPS) is 17.7. The van der Waals surface area contributed by atoms with Crippen LogP contribution in [0.15, 0.2) is 53.7 Å². The third-order valence-corrected chi connectivity index (χ3v) is 4.82. The molecule has 1 amide bonds. The smallest absolute Gasteiger partial charge is 0.270 e. The molecule has 0 unspecified atom stereocenters. The van der Waals surface area contributed by atoms with Crippen LogP contribution in [0, 0.1) is 0 Å². The van der Waals surface area contributed by atoms with E-state index in [0.717, 1.165) is 17.7 Å². The van der Waals surface area contributed by atoms with Crippen molar-refractivity contribution in [2.24, 2.45) is 10.9 Å². The summed E-state index contributed by atoms with van der Waals surface area (Å²) in [7, 11) is 0. The van der Waals surface area contributed by atoms with Crippen molar-refractivity contribution in [2.45, 2.75) is 38.8 Å². The molecule has 0 aromatic heterocycles. The van der Waals surface area contributed by atoms with Crippen LogP contribution in [0.1, 0.15) is 25.0 Å². The Labute approximate surface area is 158 Å². The molecule has 0 spiro atoms. The Hall–Kier alpha value is -2.53. The maximum Gasteiger partial charge on any atom is 0.270 e. The average Bonchev–Trinajstić information content (AvgIpc) is 2.96. The van der Waals surface area contributed by atoms with Gasteiger partial charge in [-0.1, -0.05) is 53.2 Å². The second kappa shape index (κ2) is 7.79. The molecule has 0 saturated heterocycles. The number of fused-ring (bicyclic) bond motifs is 1. The SMILES string of the molecule is C[C@H](O/N=C(\N)Cc1ccccc1Cl)C(=O)N1c2ccccc2C[C@H]1C. The van der Waals surface area contributed by atoms with Gasteiger partial charge in [0.15, 0.2) is 0 Å². The number of hydrogen-bond acceptors (Lipinski definition) is 3. The van der Waals surface area contributed by atoms with Crippen LogP contribution in [0.25, 0.3) is 0 Å². The van der Waals surface area contributed by atoms with Crippen LogP contribution in [0.4, 0.5) is 5.69 Å². The number of hydrogen-bond donors (Lipinski definition) is 1. The minimum absolute atomic E-state index is 0.0930. The number of nitrogens with zero attached hydrogens (tertiary/aromatic N) is 2. The first kappa shape index (κ1) is 18.3. The van der Waals surface area contributed by atoms with Crippen LogP contribution in [0.2, 0.25) is 5.02 Å². The molecule has 1 heterocycles. The fourth-order valence-electron chi connectivity index (χ4n) is 3.16. The van der Waals surface area contributed by atoms with E-state index in [2.05, 4.69) is 5.16 Å².